The van der Waals surface area contributed by atoms with Gasteiger partial charge in [0.25, 0.3) is 5.92 Å². The number of hydrogen-bond acceptors (Lipinski definition) is 5. The molecule has 6 nitrogen and oxygen atoms in total. The zero-order valence-corrected chi connectivity index (χ0v) is 13.4. The van der Waals surface area contributed by atoms with Crippen LogP contribution in [0.15, 0.2) is 18.2 Å². The normalized spacial score (nSPS) is 24.6. The van der Waals surface area contributed by atoms with Crippen LogP contribution >= 0.6 is 0 Å². The van der Waals surface area contributed by atoms with Crippen LogP contribution < -0.4 is 10.6 Å². The summed E-state index contributed by atoms with van der Waals surface area (Å²) < 4.78 is 26.5. The predicted octanol–water partition coefficient (Wildman–Crippen LogP) is 1.44. The Morgan fingerprint density at radius 3 is 2.72 bits per heavy atom. The van der Waals surface area contributed by atoms with E-state index in [1.165, 1.54) is 4.90 Å². The maximum Gasteiger partial charge on any atom is 0.267 e. The number of carbonyl (C=O) groups excluding carboxylic acids is 1. The molecule has 2 N–H and O–H groups in total. The second kappa shape index (κ2) is 6.66. The second-order valence-electron chi connectivity index (χ2n) is 6.39. The predicted molar refractivity (Wildman–Crippen MR) is 85.8 cm³/mol. The van der Waals surface area contributed by atoms with E-state index in [4.69, 9.17) is 10.5 Å². The zero-order chi connectivity index (χ0) is 18.0. The molecule has 2 saturated heterocycles. The fraction of sp³-hybridized carbons (Fsp3) is 0.471. The van der Waals surface area contributed by atoms with E-state index < -0.39 is 18.5 Å². The Morgan fingerprint density at radius 2 is 2.08 bits per heavy atom. The van der Waals surface area contributed by atoms with Crippen LogP contribution in [0.4, 0.5) is 14.5 Å². The average molecular weight is 345 g/mol. The lowest BCUT2D eigenvalue weighted by atomic mass is 10.1. The van der Waals surface area contributed by atoms with Crippen molar-refractivity contribution < 1.29 is 13.6 Å². The average Bonchev–Trinajstić information content (AvgIpc) is 3.20. The highest BCUT2D eigenvalue weighted by Gasteiger charge is 2.43. The lowest BCUT2D eigenvalue weighted by Crippen LogP contribution is -2.43. The third kappa shape index (κ3) is 3.70. The molecule has 1 aromatic rings. The first kappa shape index (κ1) is 17.1. The molecule has 0 aromatic heterocycles. The summed E-state index contributed by atoms with van der Waals surface area (Å²) in [6, 6.07) is 8.25. The molecule has 0 spiro atoms. The van der Waals surface area contributed by atoms with Crippen LogP contribution in [0.5, 0.6) is 0 Å². The number of nitrogens with zero attached hydrogens (tertiary/aromatic N) is 3. The Labute approximate surface area is 144 Å². The Hall–Kier alpha value is -2.71. The van der Waals surface area contributed by atoms with Crippen LogP contribution in [0.2, 0.25) is 0 Å². The van der Waals surface area contributed by atoms with Crippen LogP contribution in [0.25, 0.3) is 0 Å². The number of nitriles is 2. The standard InChI is InChI=1S/C17H17F2N5O/c18-17(19)3-4-24(10-17)16(25)15-6-14(9-22-15)23-13-2-1-11(7-20)12(5-13)8-21/h1-2,5,14-15,22-23H,3-4,6,9-10H2/t14-,15-/m0/s1. The SMILES string of the molecule is N#Cc1ccc(N[C@@H]2CN[C@H](C(=O)N3CCC(F)(F)C3)C2)cc1C#N. The molecule has 2 heterocycles. The van der Waals surface area contributed by atoms with E-state index in [1.54, 1.807) is 18.2 Å². The van der Waals surface area contributed by atoms with Crippen molar-refractivity contribution in [2.75, 3.05) is 25.0 Å². The monoisotopic (exact) mass is 345 g/mol. The molecule has 0 aliphatic carbocycles. The molecule has 1 aromatic carbocycles. The number of nitrogens with one attached hydrogen (secondary N) is 2. The van der Waals surface area contributed by atoms with Gasteiger partial charge in [-0.3, -0.25) is 4.79 Å². The van der Waals surface area contributed by atoms with E-state index >= 15 is 0 Å². The van der Waals surface area contributed by atoms with Crippen molar-refractivity contribution in [3.05, 3.63) is 29.3 Å². The van der Waals surface area contributed by atoms with Gasteiger partial charge in [-0.2, -0.15) is 10.5 Å². The van der Waals surface area contributed by atoms with Crippen molar-refractivity contribution in [2.45, 2.75) is 30.8 Å². The highest BCUT2D eigenvalue weighted by Crippen LogP contribution is 2.28. The van der Waals surface area contributed by atoms with Gasteiger partial charge in [0, 0.05) is 31.2 Å². The van der Waals surface area contributed by atoms with Crippen molar-refractivity contribution in [1.82, 2.24) is 10.2 Å². The molecule has 2 aliphatic heterocycles. The maximum atomic E-state index is 13.3. The number of amides is 1. The Morgan fingerprint density at radius 1 is 1.32 bits per heavy atom. The Balaban J connectivity index is 1.59. The van der Waals surface area contributed by atoms with E-state index in [9.17, 15) is 13.6 Å². The van der Waals surface area contributed by atoms with Crippen LogP contribution in [-0.4, -0.2) is 48.4 Å². The van der Waals surface area contributed by atoms with Gasteiger partial charge in [0.15, 0.2) is 0 Å². The summed E-state index contributed by atoms with van der Waals surface area (Å²) in [4.78, 5) is 13.6. The number of benzene rings is 1. The maximum absolute atomic E-state index is 13.3. The topological polar surface area (TPSA) is 91.9 Å². The highest BCUT2D eigenvalue weighted by molar-refractivity contribution is 5.82. The number of halogens is 2. The molecule has 130 valence electrons. The fourth-order valence-electron chi connectivity index (χ4n) is 3.24. The van der Waals surface area contributed by atoms with Gasteiger partial charge in [-0.1, -0.05) is 0 Å². The lowest BCUT2D eigenvalue weighted by molar-refractivity contribution is -0.133. The highest BCUT2D eigenvalue weighted by atomic mass is 19.3. The number of rotatable bonds is 3. The van der Waals surface area contributed by atoms with E-state index in [-0.39, 0.29) is 30.5 Å². The summed E-state index contributed by atoms with van der Waals surface area (Å²) >= 11 is 0. The molecule has 2 fully saturated rings. The molecule has 0 bridgehead atoms. The van der Waals surface area contributed by atoms with Gasteiger partial charge < -0.3 is 15.5 Å². The first-order chi connectivity index (χ1) is 11.9. The third-order valence-electron chi connectivity index (χ3n) is 4.54. The summed E-state index contributed by atoms with van der Waals surface area (Å²) in [7, 11) is 0. The number of alkyl halides is 2. The summed E-state index contributed by atoms with van der Waals surface area (Å²) in [6.07, 6.45) is 0.193. The minimum atomic E-state index is -2.79. The number of anilines is 1. The van der Waals surface area contributed by atoms with Crippen LogP contribution in [0, 0.1) is 22.7 Å². The van der Waals surface area contributed by atoms with Crippen LogP contribution in [-0.2, 0) is 4.79 Å². The molecule has 0 radical (unpaired) electrons. The van der Waals surface area contributed by atoms with Crippen molar-refractivity contribution in [3.8, 4) is 12.1 Å². The molecule has 2 aliphatic rings. The summed E-state index contributed by atoms with van der Waals surface area (Å²) in [5, 5.41) is 24.3. The zero-order valence-electron chi connectivity index (χ0n) is 13.4. The van der Waals surface area contributed by atoms with Crippen molar-refractivity contribution in [2.24, 2.45) is 0 Å². The van der Waals surface area contributed by atoms with E-state index in [2.05, 4.69) is 10.6 Å². The minimum Gasteiger partial charge on any atom is -0.381 e. The quantitative estimate of drug-likeness (QED) is 0.865. The number of likely N-dealkylation sites (tertiary alicyclic amines) is 1. The summed E-state index contributed by atoms with van der Waals surface area (Å²) in [6.45, 7) is 0.0923. The molecule has 0 saturated carbocycles. The second-order valence-corrected chi connectivity index (χ2v) is 6.39. The van der Waals surface area contributed by atoms with E-state index in [0.717, 1.165) is 0 Å². The largest absolute Gasteiger partial charge is 0.381 e. The fourth-order valence-corrected chi connectivity index (χ4v) is 3.24. The molecule has 3 rings (SSSR count). The first-order valence-corrected chi connectivity index (χ1v) is 8.02. The summed E-state index contributed by atoms with van der Waals surface area (Å²) in [5.41, 5.74) is 1.27. The molecular weight excluding hydrogens is 328 g/mol. The smallest absolute Gasteiger partial charge is 0.267 e. The van der Waals surface area contributed by atoms with Crippen LogP contribution in [0.1, 0.15) is 24.0 Å². The molecular formula is C17H17F2N5O. The summed E-state index contributed by atoms with van der Waals surface area (Å²) in [5.74, 6) is -3.08. The Bertz CT molecular complexity index is 767. The van der Waals surface area contributed by atoms with E-state index in [1.807, 2.05) is 12.1 Å². The van der Waals surface area contributed by atoms with Crippen molar-refractivity contribution in [3.63, 3.8) is 0 Å². The van der Waals surface area contributed by atoms with Crippen LogP contribution in [0.3, 0.4) is 0 Å². The van der Waals surface area contributed by atoms with Gasteiger partial charge in [0.1, 0.15) is 12.1 Å². The van der Waals surface area contributed by atoms with Gasteiger partial charge in [-0.15, -0.1) is 0 Å². The minimum absolute atomic E-state index is 0.0588. The number of carbonyl (C=O) groups is 1. The molecule has 1 amide bonds. The molecule has 25 heavy (non-hydrogen) atoms. The van der Waals surface area contributed by atoms with Gasteiger partial charge in [0.2, 0.25) is 5.91 Å². The molecule has 8 heteroatoms. The van der Waals surface area contributed by atoms with Gasteiger partial charge in [-0.25, -0.2) is 8.78 Å². The Kier molecular flexibility index (Phi) is 4.56. The van der Waals surface area contributed by atoms with Crippen molar-refractivity contribution >= 4 is 11.6 Å². The van der Waals surface area contributed by atoms with E-state index in [0.29, 0.717) is 24.2 Å². The van der Waals surface area contributed by atoms with Crippen molar-refractivity contribution in [1.29, 1.82) is 10.5 Å². The lowest BCUT2D eigenvalue weighted by Gasteiger charge is -2.20. The molecule has 0 unspecified atom stereocenters. The van der Waals surface area contributed by atoms with Gasteiger partial charge in [-0.05, 0) is 24.6 Å². The number of hydrogen-bond donors (Lipinski definition) is 2. The third-order valence-corrected chi connectivity index (χ3v) is 4.54. The molecule has 2 atom stereocenters. The van der Waals surface area contributed by atoms with Gasteiger partial charge in [0.05, 0.1) is 23.7 Å². The van der Waals surface area contributed by atoms with Gasteiger partial charge >= 0.3 is 0 Å². The first-order valence-electron chi connectivity index (χ1n) is 8.02.